The molecule has 0 aliphatic carbocycles. The molecule has 0 saturated carbocycles. The van der Waals surface area contributed by atoms with Crippen LogP contribution in [0.25, 0.3) is 0 Å². The number of nitrogens with zero attached hydrogens (tertiary/aromatic N) is 3. The zero-order valence-corrected chi connectivity index (χ0v) is 14.6. The van der Waals surface area contributed by atoms with Crippen LogP contribution in [-0.4, -0.2) is 82.0 Å². The predicted molar refractivity (Wildman–Crippen MR) is 101 cm³/mol. The number of aromatic hydroxyl groups is 1. The van der Waals surface area contributed by atoms with E-state index in [1.807, 2.05) is 4.98 Å². The molecular formula is C15H22N6O3S. The Kier molecular flexibility index (Phi) is 6.90. The third-order valence-electron chi connectivity index (χ3n) is 3.78. The summed E-state index contributed by atoms with van der Waals surface area (Å²) in [5.41, 5.74) is -1.47. The fourth-order valence-electron chi connectivity index (χ4n) is 2.40. The predicted octanol–water partition coefficient (Wildman–Crippen LogP) is -1.13. The molecule has 1 aliphatic rings. The third-order valence-corrected chi connectivity index (χ3v) is 4.18. The SMILES string of the molecule is C=CCNC(=S)N1CCN(CCN=Cc2c(O)[nH]c(=O)[nH]c2=O)CC1. The first kappa shape index (κ1) is 18.9. The molecule has 0 aromatic carbocycles. The second-order valence-electron chi connectivity index (χ2n) is 5.51. The smallest absolute Gasteiger partial charge is 0.328 e. The first-order chi connectivity index (χ1) is 12.0. The van der Waals surface area contributed by atoms with Crippen molar-refractivity contribution in [2.24, 2.45) is 4.99 Å². The highest BCUT2D eigenvalue weighted by Crippen LogP contribution is 2.03. The fraction of sp³-hybridized carbons (Fsp3) is 0.467. The van der Waals surface area contributed by atoms with Gasteiger partial charge in [0.25, 0.3) is 5.56 Å². The van der Waals surface area contributed by atoms with Crippen LogP contribution in [0.4, 0.5) is 0 Å². The summed E-state index contributed by atoms with van der Waals surface area (Å²) >= 11 is 5.32. The normalized spacial score (nSPS) is 15.4. The number of hydrogen-bond donors (Lipinski definition) is 4. The van der Waals surface area contributed by atoms with Gasteiger partial charge in [0.2, 0.25) is 5.88 Å². The van der Waals surface area contributed by atoms with Crippen molar-refractivity contribution in [3.05, 3.63) is 39.1 Å². The Morgan fingerprint density at radius 2 is 2.04 bits per heavy atom. The Hall–Kier alpha value is -2.46. The van der Waals surface area contributed by atoms with Gasteiger partial charge in [0.05, 0.1) is 6.54 Å². The molecule has 9 nitrogen and oxygen atoms in total. The van der Waals surface area contributed by atoms with Gasteiger partial charge in [0.15, 0.2) is 5.11 Å². The number of rotatable bonds is 6. The first-order valence-electron chi connectivity index (χ1n) is 7.92. The Morgan fingerprint density at radius 1 is 1.32 bits per heavy atom. The van der Waals surface area contributed by atoms with E-state index in [9.17, 15) is 14.7 Å². The summed E-state index contributed by atoms with van der Waals surface area (Å²) in [6.45, 7) is 8.95. The van der Waals surface area contributed by atoms with E-state index in [1.165, 1.54) is 6.21 Å². The molecule has 0 spiro atoms. The van der Waals surface area contributed by atoms with E-state index in [4.69, 9.17) is 12.2 Å². The van der Waals surface area contributed by atoms with Crippen LogP contribution in [0.2, 0.25) is 0 Å². The van der Waals surface area contributed by atoms with Gasteiger partial charge in [0.1, 0.15) is 5.56 Å². The number of hydrogen-bond acceptors (Lipinski definition) is 6. The van der Waals surface area contributed by atoms with Crippen molar-refractivity contribution in [1.29, 1.82) is 0 Å². The highest BCUT2D eigenvalue weighted by Gasteiger charge is 2.17. The number of aromatic amines is 2. The van der Waals surface area contributed by atoms with Crippen molar-refractivity contribution < 1.29 is 5.11 Å². The molecule has 1 aromatic heterocycles. The molecule has 1 aliphatic heterocycles. The lowest BCUT2D eigenvalue weighted by Gasteiger charge is -2.35. The number of thiocarbonyl (C=S) groups is 1. The quantitative estimate of drug-likeness (QED) is 0.286. The summed E-state index contributed by atoms with van der Waals surface area (Å²) < 4.78 is 0. The number of H-pyrrole nitrogens is 2. The lowest BCUT2D eigenvalue weighted by molar-refractivity contribution is 0.186. The topological polar surface area (TPSA) is 117 Å². The Bertz CT molecular complexity index is 748. The van der Waals surface area contributed by atoms with Crippen LogP contribution in [-0.2, 0) is 0 Å². The molecule has 0 radical (unpaired) electrons. The minimum atomic E-state index is -0.752. The number of aliphatic imine (C=N–C) groups is 1. The number of piperazine rings is 1. The monoisotopic (exact) mass is 366 g/mol. The van der Waals surface area contributed by atoms with Gasteiger partial charge in [-0.25, -0.2) is 4.79 Å². The van der Waals surface area contributed by atoms with Crippen molar-refractivity contribution in [3.8, 4) is 5.88 Å². The maximum Gasteiger partial charge on any atom is 0.328 e. The zero-order chi connectivity index (χ0) is 18.2. The fourth-order valence-corrected chi connectivity index (χ4v) is 2.67. The van der Waals surface area contributed by atoms with Crippen LogP contribution < -0.4 is 16.6 Å². The minimum absolute atomic E-state index is 0.0527. The van der Waals surface area contributed by atoms with Crippen LogP contribution in [0.3, 0.4) is 0 Å². The summed E-state index contributed by atoms with van der Waals surface area (Å²) in [4.78, 5) is 35.2. The van der Waals surface area contributed by atoms with Gasteiger partial charge in [0, 0.05) is 45.5 Å². The van der Waals surface area contributed by atoms with E-state index in [0.29, 0.717) is 13.1 Å². The van der Waals surface area contributed by atoms with E-state index < -0.39 is 17.1 Å². The highest BCUT2D eigenvalue weighted by atomic mass is 32.1. The van der Waals surface area contributed by atoms with Crippen LogP contribution >= 0.6 is 12.2 Å². The maximum absolute atomic E-state index is 11.6. The molecular weight excluding hydrogens is 344 g/mol. The van der Waals surface area contributed by atoms with Gasteiger partial charge in [-0.2, -0.15) is 0 Å². The average Bonchev–Trinajstić information content (AvgIpc) is 2.58. The van der Waals surface area contributed by atoms with Gasteiger partial charge in [-0.05, 0) is 12.2 Å². The molecule has 0 amide bonds. The highest BCUT2D eigenvalue weighted by molar-refractivity contribution is 7.80. The molecule has 0 bridgehead atoms. The first-order valence-corrected chi connectivity index (χ1v) is 8.33. The third kappa shape index (κ3) is 5.54. The zero-order valence-electron chi connectivity index (χ0n) is 13.8. The van der Waals surface area contributed by atoms with E-state index in [-0.39, 0.29) is 5.56 Å². The second kappa shape index (κ2) is 9.14. The van der Waals surface area contributed by atoms with Gasteiger partial charge in [-0.15, -0.1) is 6.58 Å². The lowest BCUT2D eigenvalue weighted by Crippen LogP contribution is -2.52. The maximum atomic E-state index is 11.6. The standard InChI is InChI=1S/C15H22N6O3S/c1-2-3-17-15(25)21-8-6-20(7-9-21)5-4-16-10-11-12(22)18-14(24)19-13(11)23/h2,10H,1,3-9H2,(H,17,25)(H3,18,19,22,23,24). The lowest BCUT2D eigenvalue weighted by atomic mass is 10.3. The summed E-state index contributed by atoms with van der Waals surface area (Å²) in [6.07, 6.45) is 3.04. The molecule has 10 heteroatoms. The second-order valence-corrected chi connectivity index (χ2v) is 5.90. The van der Waals surface area contributed by atoms with Crippen LogP contribution in [0, 0.1) is 0 Å². The average molecular weight is 366 g/mol. The molecule has 25 heavy (non-hydrogen) atoms. The molecule has 0 unspecified atom stereocenters. The van der Waals surface area contributed by atoms with Crippen molar-refractivity contribution in [2.45, 2.75) is 0 Å². The van der Waals surface area contributed by atoms with E-state index in [1.54, 1.807) is 6.08 Å². The molecule has 1 aromatic rings. The van der Waals surface area contributed by atoms with Crippen molar-refractivity contribution >= 4 is 23.5 Å². The Balaban J connectivity index is 1.77. The molecule has 4 N–H and O–H groups in total. The Morgan fingerprint density at radius 3 is 2.68 bits per heavy atom. The van der Waals surface area contributed by atoms with Crippen LogP contribution in [0.1, 0.15) is 5.56 Å². The summed E-state index contributed by atoms with van der Waals surface area (Å²) in [5, 5.41) is 13.4. The molecule has 0 atom stereocenters. The molecule has 136 valence electrons. The summed E-state index contributed by atoms with van der Waals surface area (Å²) in [6, 6.07) is 0. The number of nitrogens with one attached hydrogen (secondary N) is 3. The van der Waals surface area contributed by atoms with E-state index in [2.05, 4.69) is 31.7 Å². The van der Waals surface area contributed by atoms with Gasteiger partial charge < -0.3 is 15.3 Å². The van der Waals surface area contributed by atoms with Crippen LogP contribution in [0.5, 0.6) is 5.88 Å². The molecule has 1 fully saturated rings. The van der Waals surface area contributed by atoms with Crippen molar-refractivity contribution in [1.82, 2.24) is 25.1 Å². The minimum Gasteiger partial charge on any atom is -0.494 e. The molecule has 2 rings (SSSR count). The molecule has 2 heterocycles. The van der Waals surface area contributed by atoms with Gasteiger partial charge in [-0.3, -0.25) is 24.7 Å². The van der Waals surface area contributed by atoms with Gasteiger partial charge in [-0.1, -0.05) is 6.08 Å². The van der Waals surface area contributed by atoms with Gasteiger partial charge >= 0.3 is 5.69 Å². The van der Waals surface area contributed by atoms with E-state index in [0.717, 1.165) is 37.8 Å². The van der Waals surface area contributed by atoms with E-state index >= 15 is 0 Å². The Labute approximate surface area is 150 Å². The summed E-state index contributed by atoms with van der Waals surface area (Å²) in [7, 11) is 0. The van der Waals surface area contributed by atoms with Crippen molar-refractivity contribution in [2.75, 3.05) is 45.8 Å². The largest absolute Gasteiger partial charge is 0.494 e. The molecule has 1 saturated heterocycles. The van der Waals surface area contributed by atoms with Crippen LogP contribution in [0.15, 0.2) is 27.2 Å². The number of aromatic nitrogens is 2. The van der Waals surface area contributed by atoms with Crippen molar-refractivity contribution in [3.63, 3.8) is 0 Å². The summed E-state index contributed by atoms with van der Waals surface area (Å²) in [5.74, 6) is -0.480.